The van der Waals surface area contributed by atoms with Crippen LogP contribution in [0.4, 0.5) is 0 Å². The zero-order valence-electron chi connectivity index (χ0n) is 13.3. The van der Waals surface area contributed by atoms with Crippen LogP contribution in [0.1, 0.15) is 64.2 Å². The van der Waals surface area contributed by atoms with Gasteiger partial charge in [-0.1, -0.05) is 31.8 Å². The van der Waals surface area contributed by atoms with E-state index in [-0.39, 0.29) is 18.1 Å². The summed E-state index contributed by atoms with van der Waals surface area (Å²) in [5.41, 5.74) is 0. The van der Waals surface area contributed by atoms with Gasteiger partial charge in [-0.2, -0.15) is 0 Å². The molecule has 5 heteroatoms. The third kappa shape index (κ3) is 7.96. The van der Waals surface area contributed by atoms with Crippen molar-refractivity contribution in [3.8, 4) is 0 Å². The van der Waals surface area contributed by atoms with Gasteiger partial charge in [0.25, 0.3) is 0 Å². The Kier molecular flexibility index (Phi) is 9.19. The van der Waals surface area contributed by atoms with Gasteiger partial charge in [0.2, 0.25) is 5.91 Å². The van der Waals surface area contributed by atoms with Crippen LogP contribution in [0.2, 0.25) is 0 Å². The number of nitrogens with one attached hydrogen (secondary N) is 1. The molecule has 124 valence electrons. The number of ether oxygens (including phenoxy) is 1. The first-order chi connectivity index (χ1) is 10.6. The van der Waals surface area contributed by atoms with Crippen molar-refractivity contribution in [2.45, 2.75) is 70.3 Å². The molecule has 0 bridgehead atoms. The van der Waals surface area contributed by atoms with E-state index in [1.165, 1.54) is 19.3 Å². The van der Waals surface area contributed by atoms with Gasteiger partial charge in [0.1, 0.15) is 11.8 Å². The zero-order valence-corrected chi connectivity index (χ0v) is 13.3. The largest absolute Gasteiger partial charge is 0.464 e. The summed E-state index contributed by atoms with van der Waals surface area (Å²) in [5.74, 6) is -0.842. The van der Waals surface area contributed by atoms with E-state index < -0.39 is 12.0 Å². The molecule has 0 unspecified atom stereocenters. The first-order valence-corrected chi connectivity index (χ1v) is 8.22. The van der Waals surface area contributed by atoms with E-state index in [4.69, 9.17) is 4.74 Å². The standard InChI is InChI=1S/C17H27NO4/c1-2-3-4-5-6-7-8-9-10-14(19)13-16(20)18-15-11-12-22-17(15)21/h2,15H,1,3-13H2,(H,18,20)/t15-/m0/s1. The number of rotatable bonds is 12. The second-order valence-corrected chi connectivity index (χ2v) is 5.74. The highest BCUT2D eigenvalue weighted by molar-refractivity contribution is 5.99. The van der Waals surface area contributed by atoms with Gasteiger partial charge in [-0.05, 0) is 19.3 Å². The molecule has 1 atom stereocenters. The Labute approximate surface area is 132 Å². The first kappa shape index (κ1) is 18.4. The SMILES string of the molecule is C=CCCCCCCCCC(=O)CC(=O)N[C@H]1CCOC1=O. The van der Waals surface area contributed by atoms with Gasteiger partial charge in [-0.3, -0.25) is 9.59 Å². The number of esters is 1. The smallest absolute Gasteiger partial charge is 0.328 e. The van der Waals surface area contributed by atoms with Crippen molar-refractivity contribution < 1.29 is 19.1 Å². The molecule has 5 nitrogen and oxygen atoms in total. The summed E-state index contributed by atoms with van der Waals surface area (Å²) in [4.78, 5) is 34.5. The van der Waals surface area contributed by atoms with Gasteiger partial charge in [-0.15, -0.1) is 6.58 Å². The third-order valence-electron chi connectivity index (χ3n) is 3.74. The number of amides is 1. The molecule has 0 aromatic carbocycles. The van der Waals surface area contributed by atoms with Crippen LogP contribution in [-0.4, -0.2) is 30.3 Å². The lowest BCUT2D eigenvalue weighted by Gasteiger charge is -2.08. The summed E-state index contributed by atoms with van der Waals surface area (Å²) in [6, 6.07) is -0.573. The predicted molar refractivity (Wildman–Crippen MR) is 84.3 cm³/mol. The number of hydrogen-bond acceptors (Lipinski definition) is 4. The fourth-order valence-electron chi connectivity index (χ4n) is 2.46. The Balaban J connectivity index is 1.99. The summed E-state index contributed by atoms with van der Waals surface area (Å²) in [6.45, 7) is 4.03. The van der Waals surface area contributed by atoms with Crippen molar-refractivity contribution in [3.63, 3.8) is 0 Å². The highest BCUT2D eigenvalue weighted by atomic mass is 16.5. The molecule has 0 spiro atoms. The second kappa shape index (κ2) is 11.0. The number of carbonyl (C=O) groups is 3. The Morgan fingerprint density at radius 1 is 1.18 bits per heavy atom. The molecule has 0 saturated carbocycles. The molecule has 0 aromatic rings. The van der Waals surface area contributed by atoms with Crippen molar-refractivity contribution in [2.75, 3.05) is 6.61 Å². The number of ketones is 1. The predicted octanol–water partition coefficient (Wildman–Crippen LogP) is 2.68. The molecule has 1 rings (SSSR count). The van der Waals surface area contributed by atoms with Gasteiger partial charge >= 0.3 is 5.97 Å². The molecule has 0 aliphatic carbocycles. The van der Waals surface area contributed by atoms with Crippen molar-refractivity contribution in [2.24, 2.45) is 0 Å². The fraction of sp³-hybridized carbons (Fsp3) is 0.706. The summed E-state index contributed by atoms with van der Waals surface area (Å²) >= 11 is 0. The summed E-state index contributed by atoms with van der Waals surface area (Å²) in [7, 11) is 0. The molecule has 1 fully saturated rings. The third-order valence-corrected chi connectivity index (χ3v) is 3.74. The van der Waals surface area contributed by atoms with Crippen LogP contribution in [0.25, 0.3) is 0 Å². The average molecular weight is 309 g/mol. The summed E-state index contributed by atoms with van der Waals surface area (Å²) in [5, 5.41) is 2.55. The van der Waals surface area contributed by atoms with Crippen LogP contribution in [0, 0.1) is 0 Å². The molecular formula is C17H27NO4. The molecular weight excluding hydrogens is 282 g/mol. The molecule has 0 radical (unpaired) electrons. The molecule has 22 heavy (non-hydrogen) atoms. The number of unbranched alkanes of at least 4 members (excludes halogenated alkanes) is 6. The molecule has 1 aliphatic heterocycles. The number of Topliss-reactive ketones (excluding diaryl/α,β-unsaturated/α-hetero) is 1. The van der Waals surface area contributed by atoms with E-state index in [9.17, 15) is 14.4 Å². The maximum absolute atomic E-state index is 11.7. The van der Waals surface area contributed by atoms with E-state index in [2.05, 4.69) is 11.9 Å². The van der Waals surface area contributed by atoms with Gasteiger partial charge in [0.05, 0.1) is 13.0 Å². The summed E-state index contributed by atoms with van der Waals surface area (Å²) < 4.78 is 4.75. The van der Waals surface area contributed by atoms with Crippen LogP contribution in [0.3, 0.4) is 0 Å². The minimum atomic E-state index is -0.573. The van der Waals surface area contributed by atoms with E-state index >= 15 is 0 Å². The monoisotopic (exact) mass is 309 g/mol. The normalized spacial score (nSPS) is 17.1. The van der Waals surface area contributed by atoms with Crippen LogP contribution >= 0.6 is 0 Å². The molecule has 1 saturated heterocycles. The second-order valence-electron chi connectivity index (χ2n) is 5.74. The first-order valence-electron chi connectivity index (χ1n) is 8.22. The lowest BCUT2D eigenvalue weighted by Crippen LogP contribution is -2.38. The Morgan fingerprint density at radius 3 is 2.50 bits per heavy atom. The van der Waals surface area contributed by atoms with Gasteiger partial charge in [-0.25, -0.2) is 4.79 Å². The van der Waals surface area contributed by atoms with Crippen LogP contribution in [0.15, 0.2) is 12.7 Å². The van der Waals surface area contributed by atoms with Crippen molar-refractivity contribution in [3.05, 3.63) is 12.7 Å². The molecule has 1 amide bonds. The number of carbonyl (C=O) groups excluding carboxylic acids is 3. The van der Waals surface area contributed by atoms with E-state index in [1.54, 1.807) is 0 Å². The van der Waals surface area contributed by atoms with Crippen LogP contribution in [0.5, 0.6) is 0 Å². The molecule has 0 aromatic heterocycles. The molecule has 1 N–H and O–H groups in total. The lowest BCUT2D eigenvalue weighted by molar-refractivity contribution is -0.142. The zero-order chi connectivity index (χ0) is 16.2. The minimum Gasteiger partial charge on any atom is -0.464 e. The molecule has 1 aliphatic rings. The van der Waals surface area contributed by atoms with E-state index in [0.29, 0.717) is 19.4 Å². The van der Waals surface area contributed by atoms with Crippen molar-refractivity contribution in [1.82, 2.24) is 5.32 Å². The Hall–Kier alpha value is -1.65. The minimum absolute atomic E-state index is 0.0597. The maximum Gasteiger partial charge on any atom is 0.328 e. The van der Waals surface area contributed by atoms with E-state index in [1.807, 2.05) is 6.08 Å². The lowest BCUT2D eigenvalue weighted by atomic mass is 10.1. The quantitative estimate of drug-likeness (QED) is 0.260. The number of cyclic esters (lactones) is 1. The Bertz CT molecular complexity index is 392. The van der Waals surface area contributed by atoms with Crippen molar-refractivity contribution >= 4 is 17.7 Å². The van der Waals surface area contributed by atoms with Gasteiger partial charge in [0.15, 0.2) is 0 Å². The number of allylic oxidation sites excluding steroid dienone is 1. The van der Waals surface area contributed by atoms with Crippen LogP contribution < -0.4 is 5.32 Å². The fourth-order valence-corrected chi connectivity index (χ4v) is 2.46. The topological polar surface area (TPSA) is 72.5 Å². The van der Waals surface area contributed by atoms with Crippen molar-refractivity contribution in [1.29, 1.82) is 0 Å². The molecule has 1 heterocycles. The maximum atomic E-state index is 11.7. The highest BCUT2D eigenvalue weighted by Gasteiger charge is 2.28. The van der Waals surface area contributed by atoms with Gasteiger partial charge < -0.3 is 10.1 Å². The highest BCUT2D eigenvalue weighted by Crippen LogP contribution is 2.10. The summed E-state index contributed by atoms with van der Waals surface area (Å²) in [6.07, 6.45) is 10.4. The van der Waals surface area contributed by atoms with Gasteiger partial charge in [0, 0.05) is 12.8 Å². The average Bonchev–Trinajstić information content (AvgIpc) is 2.87. The van der Waals surface area contributed by atoms with Crippen LogP contribution in [-0.2, 0) is 19.1 Å². The Morgan fingerprint density at radius 2 is 1.86 bits per heavy atom. The van der Waals surface area contributed by atoms with E-state index in [0.717, 1.165) is 25.7 Å². The number of hydrogen-bond donors (Lipinski definition) is 1.